The van der Waals surface area contributed by atoms with Gasteiger partial charge in [0.25, 0.3) is 5.79 Å². The number of nitrogens with zero attached hydrogens (tertiary/aromatic N) is 2. The van der Waals surface area contributed by atoms with Gasteiger partial charge in [0, 0.05) is 28.2 Å². The van der Waals surface area contributed by atoms with E-state index >= 15 is 0 Å². The van der Waals surface area contributed by atoms with Crippen molar-refractivity contribution in [3.63, 3.8) is 0 Å². The summed E-state index contributed by atoms with van der Waals surface area (Å²) in [4.78, 5) is 7.67. The maximum Gasteiger partial charge on any atom is 0.447 e. The lowest BCUT2D eigenvalue weighted by Gasteiger charge is -2.26. The standard InChI is InChI=1S/C16H10F6N2O2/c1-7-5-10(15(17,18)19)9-6-11(14(25,26)16(20,21)22)13-8(12(9)24-7)3-2-4-23-13/h2-6,25-26H,1H3. The number of aryl methyl sites for hydroxylation is 1. The highest BCUT2D eigenvalue weighted by molar-refractivity contribution is 6.06. The van der Waals surface area contributed by atoms with E-state index in [4.69, 9.17) is 0 Å². The predicted octanol–water partition coefficient (Wildman–Crippen LogP) is 3.81. The molecule has 0 radical (unpaired) electrons. The molecule has 2 aromatic heterocycles. The van der Waals surface area contributed by atoms with Crippen molar-refractivity contribution in [3.8, 4) is 0 Å². The molecule has 0 saturated carbocycles. The Morgan fingerprint density at radius 3 is 2.12 bits per heavy atom. The van der Waals surface area contributed by atoms with E-state index in [2.05, 4.69) is 9.97 Å². The maximum absolute atomic E-state index is 13.4. The Hall–Kier alpha value is -2.46. The van der Waals surface area contributed by atoms with Crippen molar-refractivity contribution >= 4 is 21.8 Å². The second-order valence-electron chi connectivity index (χ2n) is 5.70. The fourth-order valence-corrected chi connectivity index (χ4v) is 2.71. The van der Waals surface area contributed by atoms with Crippen molar-refractivity contribution in [3.05, 3.63) is 47.3 Å². The Morgan fingerprint density at radius 2 is 1.54 bits per heavy atom. The van der Waals surface area contributed by atoms with Crippen LogP contribution in [0.1, 0.15) is 16.8 Å². The molecule has 0 atom stereocenters. The Labute approximate surface area is 141 Å². The van der Waals surface area contributed by atoms with Crippen LogP contribution in [0.2, 0.25) is 0 Å². The number of benzene rings is 1. The van der Waals surface area contributed by atoms with Crippen molar-refractivity contribution in [2.75, 3.05) is 0 Å². The molecule has 26 heavy (non-hydrogen) atoms. The van der Waals surface area contributed by atoms with Gasteiger partial charge in [-0.3, -0.25) is 9.97 Å². The van der Waals surface area contributed by atoms with Crippen LogP contribution in [0.5, 0.6) is 0 Å². The van der Waals surface area contributed by atoms with Crippen LogP contribution in [0.15, 0.2) is 30.5 Å². The Kier molecular flexibility index (Phi) is 3.89. The molecule has 0 aliphatic carbocycles. The zero-order chi connectivity index (χ0) is 19.5. The molecule has 0 amide bonds. The minimum Gasteiger partial charge on any atom is -0.355 e. The fraction of sp³-hybridized carbons (Fsp3) is 0.250. The topological polar surface area (TPSA) is 66.2 Å². The van der Waals surface area contributed by atoms with E-state index in [1.807, 2.05) is 0 Å². The van der Waals surface area contributed by atoms with Gasteiger partial charge in [-0.05, 0) is 31.2 Å². The SMILES string of the molecule is Cc1cc(C(F)(F)F)c2cc(C(O)(O)C(F)(F)F)c3ncccc3c2n1. The van der Waals surface area contributed by atoms with Gasteiger partial charge in [-0.25, -0.2) is 0 Å². The van der Waals surface area contributed by atoms with Gasteiger partial charge in [0.2, 0.25) is 0 Å². The quantitative estimate of drug-likeness (QED) is 0.385. The number of hydrogen-bond donors (Lipinski definition) is 2. The van der Waals surface area contributed by atoms with E-state index in [9.17, 15) is 36.6 Å². The number of rotatable bonds is 1. The summed E-state index contributed by atoms with van der Waals surface area (Å²) < 4.78 is 79.3. The molecular weight excluding hydrogens is 366 g/mol. The number of halogens is 6. The van der Waals surface area contributed by atoms with Gasteiger partial charge in [-0.1, -0.05) is 0 Å². The van der Waals surface area contributed by atoms with Gasteiger partial charge in [-0.15, -0.1) is 0 Å². The highest BCUT2D eigenvalue weighted by Crippen LogP contribution is 2.43. The molecule has 0 saturated heterocycles. The zero-order valence-corrected chi connectivity index (χ0v) is 12.9. The van der Waals surface area contributed by atoms with Gasteiger partial charge in [0.1, 0.15) is 0 Å². The third-order valence-corrected chi connectivity index (χ3v) is 3.87. The molecule has 0 unspecified atom stereocenters. The lowest BCUT2D eigenvalue weighted by atomic mass is 9.95. The highest BCUT2D eigenvalue weighted by atomic mass is 19.4. The number of pyridine rings is 2. The molecule has 3 rings (SSSR count). The molecule has 3 aromatic rings. The fourth-order valence-electron chi connectivity index (χ4n) is 2.71. The van der Waals surface area contributed by atoms with Crippen LogP contribution >= 0.6 is 0 Å². The monoisotopic (exact) mass is 376 g/mol. The highest BCUT2D eigenvalue weighted by Gasteiger charge is 2.55. The number of aliphatic hydroxyl groups is 2. The van der Waals surface area contributed by atoms with Crippen LogP contribution in [0.25, 0.3) is 21.8 Å². The molecule has 0 aliphatic heterocycles. The van der Waals surface area contributed by atoms with Crippen molar-refractivity contribution in [2.45, 2.75) is 25.1 Å². The van der Waals surface area contributed by atoms with Crippen LogP contribution < -0.4 is 0 Å². The van der Waals surface area contributed by atoms with E-state index in [0.717, 1.165) is 6.20 Å². The molecule has 2 heterocycles. The molecule has 0 fully saturated rings. The molecule has 2 N–H and O–H groups in total. The van der Waals surface area contributed by atoms with Gasteiger partial charge in [0.15, 0.2) is 0 Å². The summed E-state index contributed by atoms with van der Waals surface area (Å²) in [6.07, 6.45) is -9.35. The number of hydrogen-bond acceptors (Lipinski definition) is 4. The van der Waals surface area contributed by atoms with Gasteiger partial charge >= 0.3 is 12.4 Å². The summed E-state index contributed by atoms with van der Waals surface area (Å²) in [7, 11) is 0. The minimum atomic E-state index is -5.55. The van der Waals surface area contributed by atoms with E-state index in [0.29, 0.717) is 12.1 Å². The zero-order valence-electron chi connectivity index (χ0n) is 12.9. The van der Waals surface area contributed by atoms with Crippen LogP contribution in [-0.4, -0.2) is 26.4 Å². The van der Waals surface area contributed by atoms with Crippen LogP contribution in [0.4, 0.5) is 26.3 Å². The Bertz CT molecular complexity index is 1010. The Morgan fingerprint density at radius 1 is 0.885 bits per heavy atom. The van der Waals surface area contributed by atoms with Gasteiger partial charge < -0.3 is 10.2 Å². The Balaban J connectivity index is 2.56. The first kappa shape index (κ1) is 18.3. The molecule has 0 bridgehead atoms. The number of alkyl halides is 6. The molecule has 1 aromatic carbocycles. The molecule has 10 heteroatoms. The molecule has 0 spiro atoms. The first-order valence-corrected chi connectivity index (χ1v) is 7.12. The van der Waals surface area contributed by atoms with Crippen molar-refractivity contribution in [1.82, 2.24) is 9.97 Å². The van der Waals surface area contributed by atoms with Crippen LogP contribution in [0, 0.1) is 6.92 Å². The first-order valence-electron chi connectivity index (χ1n) is 7.12. The summed E-state index contributed by atoms with van der Waals surface area (Å²) >= 11 is 0. The normalized spacial score (nSPS) is 13.6. The maximum atomic E-state index is 13.4. The molecule has 4 nitrogen and oxygen atoms in total. The van der Waals surface area contributed by atoms with Crippen LogP contribution in [0.3, 0.4) is 0 Å². The van der Waals surface area contributed by atoms with E-state index in [1.165, 1.54) is 19.1 Å². The largest absolute Gasteiger partial charge is 0.447 e. The smallest absolute Gasteiger partial charge is 0.355 e. The summed E-state index contributed by atoms with van der Waals surface area (Å²) in [6, 6.07) is 3.62. The molecule has 138 valence electrons. The molecule has 0 aliphatic rings. The van der Waals surface area contributed by atoms with Crippen molar-refractivity contribution < 1.29 is 36.6 Å². The van der Waals surface area contributed by atoms with Gasteiger partial charge in [-0.2, -0.15) is 26.3 Å². The summed E-state index contributed by atoms with van der Waals surface area (Å²) in [6.45, 7) is 1.31. The molecular formula is C16H10F6N2O2. The summed E-state index contributed by atoms with van der Waals surface area (Å²) in [5.41, 5.74) is -3.18. The lowest BCUT2D eigenvalue weighted by molar-refractivity contribution is -0.357. The van der Waals surface area contributed by atoms with Crippen molar-refractivity contribution in [1.29, 1.82) is 0 Å². The van der Waals surface area contributed by atoms with E-state index in [-0.39, 0.29) is 16.6 Å². The summed E-state index contributed by atoms with van der Waals surface area (Å²) in [5.74, 6) is -4.39. The second kappa shape index (κ2) is 5.52. The number of fused-ring (bicyclic) bond motifs is 3. The third kappa shape index (κ3) is 2.74. The van der Waals surface area contributed by atoms with E-state index in [1.54, 1.807) is 0 Å². The van der Waals surface area contributed by atoms with Gasteiger partial charge in [0.05, 0.1) is 16.6 Å². The third-order valence-electron chi connectivity index (χ3n) is 3.87. The van der Waals surface area contributed by atoms with Crippen molar-refractivity contribution in [2.24, 2.45) is 0 Å². The average molecular weight is 376 g/mol. The summed E-state index contributed by atoms with van der Waals surface area (Å²) in [5, 5.41) is 18.4. The second-order valence-corrected chi connectivity index (χ2v) is 5.70. The van der Waals surface area contributed by atoms with E-state index < -0.39 is 40.2 Å². The first-order chi connectivity index (χ1) is 11.8. The minimum absolute atomic E-state index is 0.00203. The number of aromatic nitrogens is 2. The lowest BCUT2D eigenvalue weighted by Crippen LogP contribution is -2.42. The predicted molar refractivity (Wildman–Crippen MR) is 79.0 cm³/mol. The average Bonchev–Trinajstić information content (AvgIpc) is 2.51. The van der Waals surface area contributed by atoms with Crippen LogP contribution in [-0.2, 0) is 12.0 Å².